The Morgan fingerprint density at radius 2 is 1.71 bits per heavy atom. The third kappa shape index (κ3) is 4.90. The molecule has 2 aromatic carbocycles. The van der Waals surface area contributed by atoms with E-state index >= 15 is 0 Å². The molecule has 1 heterocycles. The Kier molecular flexibility index (Phi) is 7.40. The third-order valence-electron chi connectivity index (χ3n) is 6.86. The van der Waals surface area contributed by atoms with Crippen LogP contribution >= 0.6 is 11.6 Å². The first-order chi connectivity index (χ1) is 16.6. The van der Waals surface area contributed by atoms with Crippen molar-refractivity contribution in [3.63, 3.8) is 0 Å². The molecule has 5 atom stereocenters. The molecule has 0 unspecified atom stereocenters. The minimum Gasteiger partial charge on any atom is -0.478 e. The summed E-state index contributed by atoms with van der Waals surface area (Å²) in [4.78, 5) is 11.7. The average molecular weight is 509 g/mol. The Labute approximate surface area is 207 Å². The van der Waals surface area contributed by atoms with Crippen molar-refractivity contribution in [3.8, 4) is 5.75 Å². The molecule has 9 nitrogen and oxygen atoms in total. The maximum Gasteiger partial charge on any atom is 0.348 e. The predicted molar refractivity (Wildman–Crippen MR) is 124 cm³/mol. The van der Waals surface area contributed by atoms with Crippen LogP contribution in [-0.2, 0) is 21.7 Å². The van der Waals surface area contributed by atoms with E-state index in [2.05, 4.69) is 0 Å². The number of carboxylic acids is 1. The highest BCUT2D eigenvalue weighted by Gasteiger charge is 2.53. The van der Waals surface area contributed by atoms with Crippen LogP contribution in [0, 0.1) is 0 Å². The lowest BCUT2D eigenvalue weighted by molar-refractivity contribution is -0.357. The summed E-state index contributed by atoms with van der Waals surface area (Å²) in [5.74, 6) is -2.89. The van der Waals surface area contributed by atoms with Crippen molar-refractivity contribution in [1.29, 1.82) is 0 Å². The van der Waals surface area contributed by atoms with Crippen LogP contribution in [0.25, 0.3) is 0 Å². The highest BCUT2D eigenvalue weighted by Crippen LogP contribution is 2.38. The topological polar surface area (TPSA) is 157 Å². The highest BCUT2D eigenvalue weighted by molar-refractivity contribution is 6.31. The van der Waals surface area contributed by atoms with Crippen molar-refractivity contribution in [2.75, 3.05) is 6.61 Å². The summed E-state index contributed by atoms with van der Waals surface area (Å²) in [6, 6.07) is 11.4. The van der Waals surface area contributed by atoms with Gasteiger partial charge >= 0.3 is 5.97 Å². The molecule has 2 aliphatic rings. The quantitative estimate of drug-likeness (QED) is 0.324. The summed E-state index contributed by atoms with van der Waals surface area (Å²) < 4.78 is 11.2. The lowest BCUT2D eigenvalue weighted by Gasteiger charge is -2.45. The molecule has 2 aromatic rings. The van der Waals surface area contributed by atoms with Gasteiger partial charge in [0.25, 0.3) is 0 Å². The minimum atomic E-state index is -2.38. The molecule has 190 valence electrons. The second kappa shape index (κ2) is 10.0. The number of halogens is 1. The number of benzene rings is 2. The van der Waals surface area contributed by atoms with E-state index in [0.29, 0.717) is 35.6 Å². The van der Waals surface area contributed by atoms with Crippen molar-refractivity contribution < 1.29 is 44.9 Å². The van der Waals surface area contributed by atoms with Gasteiger partial charge < -0.3 is 40.1 Å². The van der Waals surface area contributed by atoms with Gasteiger partial charge in [0, 0.05) is 10.6 Å². The van der Waals surface area contributed by atoms with Gasteiger partial charge in [-0.05, 0) is 67.5 Å². The molecule has 0 aromatic heterocycles. The van der Waals surface area contributed by atoms with Crippen molar-refractivity contribution in [1.82, 2.24) is 0 Å². The zero-order valence-corrected chi connectivity index (χ0v) is 19.6. The molecule has 6 N–H and O–H groups in total. The first-order valence-electron chi connectivity index (χ1n) is 11.4. The largest absolute Gasteiger partial charge is 0.478 e. The summed E-state index contributed by atoms with van der Waals surface area (Å²) in [7, 11) is 0. The van der Waals surface area contributed by atoms with E-state index in [1.54, 1.807) is 24.3 Å². The van der Waals surface area contributed by atoms with E-state index in [1.807, 2.05) is 0 Å². The van der Waals surface area contributed by atoms with Crippen molar-refractivity contribution in [3.05, 3.63) is 64.2 Å². The van der Waals surface area contributed by atoms with Gasteiger partial charge in [-0.25, -0.2) is 4.79 Å². The fourth-order valence-corrected chi connectivity index (χ4v) is 4.94. The van der Waals surface area contributed by atoms with Gasteiger partial charge in [-0.3, -0.25) is 0 Å². The van der Waals surface area contributed by atoms with Gasteiger partial charge in [-0.15, -0.1) is 0 Å². The molecule has 4 rings (SSSR count). The maximum absolute atomic E-state index is 11.7. The Morgan fingerprint density at radius 1 is 1.06 bits per heavy atom. The number of aliphatic hydroxyl groups is 5. The Balaban J connectivity index is 1.54. The van der Waals surface area contributed by atoms with Gasteiger partial charge in [0.2, 0.25) is 11.4 Å². The number of ether oxygens (including phenoxy) is 2. The second-order valence-electron chi connectivity index (χ2n) is 9.20. The summed E-state index contributed by atoms with van der Waals surface area (Å²) in [5.41, 5.74) is 0.312. The van der Waals surface area contributed by atoms with Crippen LogP contribution in [0.2, 0.25) is 5.02 Å². The van der Waals surface area contributed by atoms with Crippen molar-refractivity contribution in [2.45, 2.75) is 67.9 Å². The predicted octanol–water partition coefficient (Wildman–Crippen LogP) is 1.33. The number of aliphatic hydroxyl groups excluding tert-OH is 4. The van der Waals surface area contributed by atoms with E-state index in [4.69, 9.17) is 21.1 Å². The van der Waals surface area contributed by atoms with Crippen LogP contribution < -0.4 is 4.74 Å². The minimum absolute atomic E-state index is 0.0957. The van der Waals surface area contributed by atoms with Crippen LogP contribution in [0.3, 0.4) is 0 Å². The number of hydrogen-bond acceptors (Lipinski definition) is 8. The summed E-state index contributed by atoms with van der Waals surface area (Å²) in [6.07, 6.45) is -3.63. The number of aliphatic carboxylic acids is 1. The van der Waals surface area contributed by atoms with Gasteiger partial charge in [0.1, 0.15) is 30.2 Å². The molecular formula is C25H29ClO9. The fourth-order valence-electron chi connectivity index (χ4n) is 4.75. The molecule has 0 spiro atoms. The fraction of sp³-hybridized carbons (Fsp3) is 0.480. The van der Waals surface area contributed by atoms with Gasteiger partial charge in [-0.1, -0.05) is 29.8 Å². The van der Waals surface area contributed by atoms with Crippen molar-refractivity contribution >= 4 is 17.6 Å². The summed E-state index contributed by atoms with van der Waals surface area (Å²) in [5, 5.41) is 61.1. The summed E-state index contributed by atoms with van der Waals surface area (Å²) >= 11 is 6.37. The van der Waals surface area contributed by atoms with Gasteiger partial charge in [0.05, 0.1) is 6.61 Å². The first kappa shape index (κ1) is 25.8. The SMILES string of the molecule is O=C(O)C1(Oc2ccc(Cc3cc([C@@]4(O)O[C@H](CO)[C@@H](O)[C@H](O)[C@H]4O)ccc3Cl)cc2)CCCC1. The monoisotopic (exact) mass is 508 g/mol. The van der Waals surface area contributed by atoms with E-state index in [0.717, 1.165) is 18.4 Å². The number of hydrogen-bond donors (Lipinski definition) is 6. The Bertz CT molecular complexity index is 1050. The smallest absolute Gasteiger partial charge is 0.348 e. The Hall–Kier alpha value is -2.24. The molecule has 0 radical (unpaired) electrons. The zero-order valence-electron chi connectivity index (χ0n) is 18.9. The maximum atomic E-state index is 11.7. The molecule has 10 heteroatoms. The van der Waals surface area contributed by atoms with Crippen LogP contribution in [0.1, 0.15) is 42.4 Å². The standard InChI is InChI=1S/C25H29ClO9/c26-18-8-5-16(25(33)22(30)21(29)20(28)19(13-27)35-25)12-15(18)11-14-3-6-17(7-4-14)34-24(23(31)32)9-1-2-10-24/h3-8,12,19-22,27-30,33H,1-2,9-11,13H2,(H,31,32)/t19-,20-,21+,22-,25-/m1/s1. The molecule has 1 saturated carbocycles. The van der Waals surface area contributed by atoms with Crippen LogP contribution in [0.5, 0.6) is 5.75 Å². The normalized spacial score (nSPS) is 30.2. The van der Waals surface area contributed by atoms with Crippen LogP contribution in [0.15, 0.2) is 42.5 Å². The van der Waals surface area contributed by atoms with E-state index in [1.165, 1.54) is 18.2 Å². The number of rotatable bonds is 7. The van der Waals surface area contributed by atoms with Crippen LogP contribution in [0.4, 0.5) is 0 Å². The number of carbonyl (C=O) groups is 1. The Morgan fingerprint density at radius 3 is 2.31 bits per heavy atom. The van der Waals surface area contributed by atoms with E-state index in [9.17, 15) is 35.4 Å². The molecule has 2 fully saturated rings. The molecule has 0 bridgehead atoms. The second-order valence-corrected chi connectivity index (χ2v) is 9.60. The van der Waals surface area contributed by atoms with Gasteiger partial charge in [0.15, 0.2) is 0 Å². The zero-order chi connectivity index (χ0) is 25.4. The molecule has 1 aliphatic heterocycles. The molecular weight excluding hydrogens is 480 g/mol. The van der Waals surface area contributed by atoms with Crippen LogP contribution in [-0.4, -0.2) is 73.2 Å². The average Bonchev–Trinajstić information content (AvgIpc) is 3.32. The third-order valence-corrected chi connectivity index (χ3v) is 7.23. The molecule has 0 amide bonds. The molecule has 1 aliphatic carbocycles. The van der Waals surface area contributed by atoms with E-state index in [-0.39, 0.29) is 5.56 Å². The van der Waals surface area contributed by atoms with Crippen molar-refractivity contribution in [2.24, 2.45) is 0 Å². The lowest BCUT2D eigenvalue weighted by atomic mass is 9.87. The highest BCUT2D eigenvalue weighted by atomic mass is 35.5. The summed E-state index contributed by atoms with van der Waals surface area (Å²) in [6.45, 7) is -0.675. The molecule has 1 saturated heterocycles. The lowest BCUT2D eigenvalue weighted by Crippen LogP contribution is -2.63. The first-order valence-corrected chi connectivity index (χ1v) is 11.8. The molecule has 35 heavy (non-hydrogen) atoms. The van der Waals surface area contributed by atoms with Gasteiger partial charge in [-0.2, -0.15) is 0 Å². The number of carboxylic acid groups (broad SMARTS) is 1. The van der Waals surface area contributed by atoms with E-state index < -0.39 is 48.4 Å².